The molecular formula is C18H18ClF3N4O. The van der Waals surface area contributed by atoms with E-state index < -0.39 is 11.7 Å². The van der Waals surface area contributed by atoms with Crippen LogP contribution >= 0.6 is 11.6 Å². The van der Waals surface area contributed by atoms with Crippen LogP contribution in [0.3, 0.4) is 0 Å². The fraction of sp³-hybridized carbons (Fsp3) is 0.389. The summed E-state index contributed by atoms with van der Waals surface area (Å²) in [4.78, 5) is 22.4. The Labute approximate surface area is 159 Å². The standard InChI is InChI=1S/C18H18ClF3N4O/c19-12-5-6-14(13(11-12)18(20,21)22)24-17-23-8-7-15(25-17)16(27)26-9-3-1-2-4-10-26/h5-8,11H,1-4,9-10H2,(H,23,24,25). The SMILES string of the molecule is O=C(c1ccnc(Nc2ccc(Cl)cc2C(F)(F)F)n1)N1CCCCCC1. The Bertz CT molecular complexity index is 820. The van der Waals surface area contributed by atoms with E-state index in [9.17, 15) is 18.0 Å². The average molecular weight is 399 g/mol. The van der Waals surface area contributed by atoms with Crippen molar-refractivity contribution in [3.05, 3.63) is 46.7 Å². The van der Waals surface area contributed by atoms with Gasteiger partial charge in [0, 0.05) is 24.3 Å². The first-order chi connectivity index (χ1) is 12.8. The Morgan fingerprint density at radius 1 is 1.11 bits per heavy atom. The Kier molecular flexibility index (Phi) is 5.84. The topological polar surface area (TPSA) is 58.1 Å². The van der Waals surface area contributed by atoms with Crippen LogP contribution < -0.4 is 5.32 Å². The normalized spacial score (nSPS) is 15.3. The summed E-state index contributed by atoms with van der Waals surface area (Å²) < 4.78 is 39.7. The number of hydrogen-bond acceptors (Lipinski definition) is 4. The molecule has 2 heterocycles. The maximum Gasteiger partial charge on any atom is 0.418 e. The van der Waals surface area contributed by atoms with Crippen LogP contribution in [0.5, 0.6) is 0 Å². The molecule has 1 aromatic heterocycles. The van der Waals surface area contributed by atoms with Crippen molar-refractivity contribution in [3.8, 4) is 0 Å². The summed E-state index contributed by atoms with van der Waals surface area (Å²) in [5.74, 6) is -0.321. The molecule has 1 saturated heterocycles. The molecule has 5 nitrogen and oxygen atoms in total. The first-order valence-electron chi connectivity index (χ1n) is 8.61. The summed E-state index contributed by atoms with van der Waals surface area (Å²) in [6, 6.07) is 4.84. The number of nitrogens with one attached hydrogen (secondary N) is 1. The van der Waals surface area contributed by atoms with E-state index in [2.05, 4.69) is 15.3 Å². The molecule has 0 unspecified atom stereocenters. The first kappa shape index (κ1) is 19.4. The lowest BCUT2D eigenvalue weighted by Gasteiger charge is -2.20. The van der Waals surface area contributed by atoms with Crippen LogP contribution in [0.15, 0.2) is 30.5 Å². The van der Waals surface area contributed by atoms with Gasteiger partial charge in [0.2, 0.25) is 5.95 Å². The smallest absolute Gasteiger partial charge is 0.337 e. The lowest BCUT2D eigenvalue weighted by molar-refractivity contribution is -0.136. The Hall–Kier alpha value is -2.35. The molecule has 0 radical (unpaired) electrons. The molecule has 2 aromatic rings. The van der Waals surface area contributed by atoms with Crippen molar-refractivity contribution < 1.29 is 18.0 Å². The molecule has 9 heteroatoms. The number of benzene rings is 1. The van der Waals surface area contributed by atoms with Gasteiger partial charge < -0.3 is 10.2 Å². The van der Waals surface area contributed by atoms with E-state index in [1.807, 2.05) is 0 Å². The number of anilines is 2. The van der Waals surface area contributed by atoms with Crippen LogP contribution in [0.1, 0.15) is 41.7 Å². The summed E-state index contributed by atoms with van der Waals surface area (Å²) in [5, 5.41) is 2.52. The molecule has 0 saturated carbocycles. The molecule has 0 bridgehead atoms. The second kappa shape index (κ2) is 8.12. The van der Waals surface area contributed by atoms with Crippen LogP contribution in [-0.4, -0.2) is 33.9 Å². The molecule has 27 heavy (non-hydrogen) atoms. The van der Waals surface area contributed by atoms with E-state index >= 15 is 0 Å². The van der Waals surface area contributed by atoms with E-state index in [4.69, 9.17) is 11.6 Å². The quantitative estimate of drug-likeness (QED) is 0.798. The van der Waals surface area contributed by atoms with E-state index in [1.165, 1.54) is 24.4 Å². The van der Waals surface area contributed by atoms with Gasteiger partial charge in [-0.25, -0.2) is 9.97 Å². The molecule has 1 amide bonds. The van der Waals surface area contributed by atoms with Crippen LogP contribution in [-0.2, 0) is 6.18 Å². The zero-order chi connectivity index (χ0) is 19.4. The van der Waals surface area contributed by atoms with Gasteiger partial charge in [-0.1, -0.05) is 24.4 Å². The van der Waals surface area contributed by atoms with Crippen molar-refractivity contribution >= 4 is 29.1 Å². The highest BCUT2D eigenvalue weighted by Gasteiger charge is 2.34. The summed E-state index contributed by atoms with van der Waals surface area (Å²) in [7, 11) is 0. The van der Waals surface area contributed by atoms with Crippen molar-refractivity contribution in [2.75, 3.05) is 18.4 Å². The zero-order valence-electron chi connectivity index (χ0n) is 14.4. The summed E-state index contributed by atoms with van der Waals surface area (Å²) in [6.45, 7) is 1.31. The number of carbonyl (C=O) groups excluding carboxylic acids is 1. The molecule has 1 fully saturated rings. The largest absolute Gasteiger partial charge is 0.418 e. The third-order valence-electron chi connectivity index (χ3n) is 4.30. The van der Waals surface area contributed by atoms with Crippen molar-refractivity contribution in [2.24, 2.45) is 0 Å². The maximum absolute atomic E-state index is 13.2. The summed E-state index contributed by atoms with van der Waals surface area (Å²) in [6.07, 6.45) is 0.786. The molecule has 1 N–H and O–H groups in total. The summed E-state index contributed by atoms with van der Waals surface area (Å²) in [5.41, 5.74) is -1.01. The van der Waals surface area contributed by atoms with Crippen molar-refractivity contribution in [3.63, 3.8) is 0 Å². The number of amides is 1. The van der Waals surface area contributed by atoms with E-state index in [0.29, 0.717) is 13.1 Å². The first-order valence-corrected chi connectivity index (χ1v) is 8.98. The fourth-order valence-corrected chi connectivity index (χ4v) is 3.13. The van der Waals surface area contributed by atoms with Gasteiger partial charge in [-0.15, -0.1) is 0 Å². The second-order valence-electron chi connectivity index (χ2n) is 6.28. The third-order valence-corrected chi connectivity index (χ3v) is 4.54. The predicted octanol–water partition coefficient (Wildman–Crippen LogP) is 4.91. The minimum absolute atomic E-state index is 0.0288. The van der Waals surface area contributed by atoms with Crippen LogP contribution in [0.25, 0.3) is 0 Å². The molecule has 144 valence electrons. The second-order valence-corrected chi connectivity index (χ2v) is 6.72. The van der Waals surface area contributed by atoms with E-state index in [-0.39, 0.29) is 28.3 Å². The Balaban J connectivity index is 1.83. The van der Waals surface area contributed by atoms with Gasteiger partial charge in [-0.2, -0.15) is 13.2 Å². The number of alkyl halides is 3. The van der Waals surface area contributed by atoms with Gasteiger partial charge in [-0.05, 0) is 37.1 Å². The fourth-order valence-electron chi connectivity index (χ4n) is 2.95. The van der Waals surface area contributed by atoms with E-state index in [0.717, 1.165) is 31.7 Å². The van der Waals surface area contributed by atoms with Crippen LogP contribution in [0, 0.1) is 0 Å². The molecule has 1 aliphatic heterocycles. The monoisotopic (exact) mass is 398 g/mol. The highest BCUT2D eigenvalue weighted by molar-refractivity contribution is 6.30. The zero-order valence-corrected chi connectivity index (χ0v) is 15.1. The van der Waals surface area contributed by atoms with Gasteiger partial charge in [0.25, 0.3) is 5.91 Å². The molecule has 1 aliphatic rings. The highest BCUT2D eigenvalue weighted by atomic mass is 35.5. The van der Waals surface area contributed by atoms with Crippen molar-refractivity contribution in [1.29, 1.82) is 0 Å². The molecule has 3 rings (SSSR count). The molecule has 0 aliphatic carbocycles. The maximum atomic E-state index is 13.2. The molecule has 1 aromatic carbocycles. The van der Waals surface area contributed by atoms with Gasteiger partial charge in [0.15, 0.2) is 0 Å². The number of aromatic nitrogens is 2. The average Bonchev–Trinajstić information content (AvgIpc) is 2.91. The summed E-state index contributed by atoms with van der Waals surface area (Å²) >= 11 is 5.68. The van der Waals surface area contributed by atoms with Gasteiger partial charge in [-0.3, -0.25) is 4.79 Å². The minimum atomic E-state index is -4.59. The number of nitrogens with zero attached hydrogens (tertiary/aromatic N) is 3. The van der Waals surface area contributed by atoms with Gasteiger partial charge in [0.1, 0.15) is 5.69 Å². The van der Waals surface area contributed by atoms with Crippen molar-refractivity contribution in [1.82, 2.24) is 14.9 Å². The molecular weight excluding hydrogens is 381 g/mol. The van der Waals surface area contributed by atoms with Gasteiger partial charge in [0.05, 0.1) is 11.3 Å². The van der Waals surface area contributed by atoms with Crippen LogP contribution in [0.2, 0.25) is 5.02 Å². The predicted molar refractivity (Wildman–Crippen MR) is 96.1 cm³/mol. The Morgan fingerprint density at radius 3 is 2.48 bits per heavy atom. The van der Waals surface area contributed by atoms with E-state index in [1.54, 1.807) is 4.90 Å². The number of rotatable bonds is 3. The number of halogens is 4. The number of hydrogen-bond donors (Lipinski definition) is 1. The Morgan fingerprint density at radius 2 is 1.81 bits per heavy atom. The lowest BCUT2D eigenvalue weighted by Crippen LogP contribution is -2.32. The van der Waals surface area contributed by atoms with Crippen LogP contribution in [0.4, 0.5) is 24.8 Å². The number of carbonyl (C=O) groups is 1. The lowest BCUT2D eigenvalue weighted by atomic mass is 10.1. The highest BCUT2D eigenvalue weighted by Crippen LogP contribution is 2.37. The molecule has 0 atom stereocenters. The van der Waals surface area contributed by atoms with Gasteiger partial charge >= 0.3 is 6.18 Å². The third kappa shape index (κ3) is 4.88. The minimum Gasteiger partial charge on any atom is -0.337 e. The van der Waals surface area contributed by atoms with Crippen molar-refractivity contribution in [2.45, 2.75) is 31.9 Å². The molecule has 0 spiro atoms. The number of likely N-dealkylation sites (tertiary alicyclic amines) is 1.